The van der Waals surface area contributed by atoms with Crippen molar-refractivity contribution in [1.82, 2.24) is 20.2 Å². The first-order valence-electron chi connectivity index (χ1n) is 8.94. The summed E-state index contributed by atoms with van der Waals surface area (Å²) in [5.74, 6) is 0.0118. The van der Waals surface area contributed by atoms with E-state index in [-0.39, 0.29) is 12.3 Å². The van der Waals surface area contributed by atoms with Crippen molar-refractivity contribution in [3.05, 3.63) is 40.7 Å². The third-order valence-corrected chi connectivity index (χ3v) is 6.67. The summed E-state index contributed by atoms with van der Waals surface area (Å²) in [6.45, 7) is 2.68. The smallest absolute Gasteiger partial charge is 0.312 e. The van der Waals surface area contributed by atoms with Crippen LogP contribution in [0.3, 0.4) is 0 Å². The molecule has 3 aromatic heterocycles. The summed E-state index contributed by atoms with van der Waals surface area (Å²) in [5, 5.41) is 5.53. The number of rotatable bonds is 5. The average molecular weight is 417 g/mol. The number of nitrogens with zero attached hydrogens (tertiary/aromatic N) is 4. The third-order valence-electron chi connectivity index (χ3n) is 4.64. The molecule has 3 N–H and O–H groups in total. The minimum atomic E-state index is -0.625. The second-order valence-electron chi connectivity index (χ2n) is 6.47. The van der Waals surface area contributed by atoms with Crippen LogP contribution >= 0.6 is 22.7 Å². The fourth-order valence-corrected chi connectivity index (χ4v) is 4.97. The molecule has 10 heteroatoms. The van der Waals surface area contributed by atoms with Gasteiger partial charge < -0.3 is 20.9 Å². The van der Waals surface area contributed by atoms with E-state index in [9.17, 15) is 9.59 Å². The number of fused-ring (bicyclic) bond motifs is 1. The van der Waals surface area contributed by atoms with Crippen molar-refractivity contribution in [2.24, 2.45) is 5.73 Å². The number of urea groups is 1. The highest BCUT2D eigenvalue weighted by Gasteiger charge is 2.26. The Balaban J connectivity index is 1.37. The Hall–Kier alpha value is -2.72. The van der Waals surface area contributed by atoms with E-state index < -0.39 is 12.1 Å². The molecule has 0 saturated carbocycles. The second-order valence-corrected chi connectivity index (χ2v) is 8.41. The maximum atomic E-state index is 12.8. The van der Waals surface area contributed by atoms with Gasteiger partial charge in [-0.3, -0.25) is 4.79 Å². The molecule has 1 aliphatic rings. The van der Waals surface area contributed by atoms with Crippen LogP contribution in [0, 0.1) is 0 Å². The summed E-state index contributed by atoms with van der Waals surface area (Å²) in [7, 11) is 0. The highest BCUT2D eigenvalue weighted by molar-refractivity contribution is 7.21. The SMILES string of the molecule is NC(=O)NC(CC(=O)N1CCN(c2nc3cccnc3s2)CC1)c1cccs1. The van der Waals surface area contributed by atoms with Crippen LogP contribution in [0.25, 0.3) is 10.3 Å². The lowest BCUT2D eigenvalue weighted by molar-refractivity contribution is -0.132. The van der Waals surface area contributed by atoms with Crippen molar-refractivity contribution in [3.8, 4) is 0 Å². The molecule has 0 radical (unpaired) electrons. The molecule has 1 unspecified atom stereocenters. The fraction of sp³-hybridized carbons (Fsp3) is 0.333. The molecule has 1 fully saturated rings. The molecule has 146 valence electrons. The molecular weight excluding hydrogens is 396 g/mol. The Morgan fingerprint density at radius 3 is 2.71 bits per heavy atom. The van der Waals surface area contributed by atoms with Crippen molar-refractivity contribution < 1.29 is 9.59 Å². The number of carbonyl (C=O) groups is 2. The third kappa shape index (κ3) is 4.07. The van der Waals surface area contributed by atoms with Crippen LogP contribution in [0.1, 0.15) is 17.3 Å². The summed E-state index contributed by atoms with van der Waals surface area (Å²) >= 11 is 3.07. The van der Waals surface area contributed by atoms with Gasteiger partial charge in [0, 0.05) is 37.3 Å². The van der Waals surface area contributed by atoms with Crippen molar-refractivity contribution in [1.29, 1.82) is 0 Å². The summed E-state index contributed by atoms with van der Waals surface area (Å²) in [6.07, 6.45) is 1.97. The van der Waals surface area contributed by atoms with E-state index in [2.05, 4.69) is 20.2 Å². The van der Waals surface area contributed by atoms with E-state index in [1.165, 1.54) is 11.3 Å². The van der Waals surface area contributed by atoms with Crippen LogP contribution in [0.15, 0.2) is 35.8 Å². The highest BCUT2D eigenvalue weighted by Crippen LogP contribution is 2.28. The zero-order chi connectivity index (χ0) is 19.5. The first-order valence-corrected chi connectivity index (χ1v) is 10.6. The quantitative estimate of drug-likeness (QED) is 0.663. The molecule has 3 amide bonds. The first-order chi connectivity index (χ1) is 13.6. The molecular formula is C18H20N6O2S2. The molecule has 0 aromatic carbocycles. The monoisotopic (exact) mass is 416 g/mol. The van der Waals surface area contributed by atoms with E-state index >= 15 is 0 Å². The number of aromatic nitrogens is 2. The summed E-state index contributed by atoms with van der Waals surface area (Å²) in [4.78, 5) is 38.9. The fourth-order valence-electron chi connectivity index (χ4n) is 3.23. The van der Waals surface area contributed by atoms with Crippen LogP contribution in [-0.4, -0.2) is 53.0 Å². The van der Waals surface area contributed by atoms with Crippen LogP contribution < -0.4 is 16.0 Å². The number of hydrogen-bond acceptors (Lipinski definition) is 7. The number of hydrogen-bond donors (Lipinski definition) is 2. The Labute approximate surface area is 170 Å². The number of anilines is 1. The number of primary amides is 1. The number of pyridine rings is 1. The Kier molecular flexibility index (Phi) is 5.40. The molecule has 1 saturated heterocycles. The summed E-state index contributed by atoms with van der Waals surface area (Å²) in [5.41, 5.74) is 6.18. The van der Waals surface area contributed by atoms with Crippen LogP contribution in [0.5, 0.6) is 0 Å². The van der Waals surface area contributed by atoms with Gasteiger partial charge in [-0.2, -0.15) is 0 Å². The lowest BCUT2D eigenvalue weighted by Crippen LogP contribution is -2.49. The van der Waals surface area contributed by atoms with Gasteiger partial charge in [0.2, 0.25) is 5.91 Å². The molecule has 3 aromatic rings. The zero-order valence-electron chi connectivity index (χ0n) is 15.1. The lowest BCUT2D eigenvalue weighted by atomic mass is 10.1. The van der Waals surface area contributed by atoms with E-state index in [1.54, 1.807) is 17.5 Å². The molecule has 28 heavy (non-hydrogen) atoms. The second kappa shape index (κ2) is 8.11. The molecule has 8 nitrogen and oxygen atoms in total. The predicted octanol–water partition coefficient (Wildman–Crippen LogP) is 2.20. The van der Waals surface area contributed by atoms with Gasteiger partial charge in [0.05, 0.1) is 12.5 Å². The lowest BCUT2D eigenvalue weighted by Gasteiger charge is -2.35. The molecule has 1 atom stereocenters. The zero-order valence-corrected chi connectivity index (χ0v) is 16.7. The van der Waals surface area contributed by atoms with Crippen molar-refractivity contribution in [2.75, 3.05) is 31.1 Å². The molecule has 0 bridgehead atoms. The Morgan fingerprint density at radius 1 is 1.21 bits per heavy atom. The summed E-state index contributed by atoms with van der Waals surface area (Å²) in [6, 6.07) is 6.62. The normalized spacial score (nSPS) is 15.6. The summed E-state index contributed by atoms with van der Waals surface area (Å²) < 4.78 is 0. The number of piperazine rings is 1. The van der Waals surface area contributed by atoms with Crippen LogP contribution in [0.2, 0.25) is 0 Å². The standard InChI is InChI=1S/C18H20N6O2S2/c19-17(26)21-13(14-4-2-10-27-14)11-15(25)23-6-8-24(9-7-23)18-22-12-3-1-5-20-16(12)28-18/h1-5,10,13H,6-9,11H2,(H3,19,21,26). The van der Waals surface area contributed by atoms with Gasteiger partial charge in [-0.05, 0) is 23.6 Å². The first kappa shape index (κ1) is 18.6. The van der Waals surface area contributed by atoms with E-state index in [1.807, 2.05) is 34.5 Å². The number of amides is 3. The van der Waals surface area contributed by atoms with E-state index in [4.69, 9.17) is 5.73 Å². The molecule has 4 heterocycles. The van der Waals surface area contributed by atoms with Gasteiger partial charge in [-0.25, -0.2) is 14.8 Å². The predicted molar refractivity (Wildman–Crippen MR) is 111 cm³/mol. The van der Waals surface area contributed by atoms with Gasteiger partial charge in [0.1, 0.15) is 10.3 Å². The number of thiazole rings is 1. The van der Waals surface area contributed by atoms with E-state index in [0.717, 1.165) is 33.4 Å². The minimum Gasteiger partial charge on any atom is -0.352 e. The molecule has 4 rings (SSSR count). The van der Waals surface area contributed by atoms with E-state index in [0.29, 0.717) is 13.1 Å². The average Bonchev–Trinajstić information content (AvgIpc) is 3.37. The van der Waals surface area contributed by atoms with Gasteiger partial charge in [0.15, 0.2) is 5.13 Å². The number of carbonyl (C=O) groups excluding carboxylic acids is 2. The molecule has 0 spiro atoms. The van der Waals surface area contributed by atoms with Gasteiger partial charge in [0.25, 0.3) is 0 Å². The Morgan fingerprint density at radius 2 is 2.04 bits per heavy atom. The van der Waals surface area contributed by atoms with Crippen LogP contribution in [0.4, 0.5) is 9.93 Å². The van der Waals surface area contributed by atoms with Crippen molar-refractivity contribution in [3.63, 3.8) is 0 Å². The maximum Gasteiger partial charge on any atom is 0.312 e. The van der Waals surface area contributed by atoms with Crippen molar-refractivity contribution >= 4 is 50.1 Å². The largest absolute Gasteiger partial charge is 0.352 e. The highest BCUT2D eigenvalue weighted by atomic mass is 32.1. The molecule has 0 aliphatic carbocycles. The number of nitrogens with two attached hydrogens (primary N) is 1. The van der Waals surface area contributed by atoms with Gasteiger partial charge in [-0.15, -0.1) is 11.3 Å². The minimum absolute atomic E-state index is 0.0118. The molecule has 1 aliphatic heterocycles. The van der Waals surface area contributed by atoms with Gasteiger partial charge >= 0.3 is 6.03 Å². The number of thiophene rings is 1. The van der Waals surface area contributed by atoms with Gasteiger partial charge in [-0.1, -0.05) is 17.4 Å². The number of nitrogens with one attached hydrogen (secondary N) is 1. The maximum absolute atomic E-state index is 12.8. The van der Waals surface area contributed by atoms with Crippen LogP contribution in [-0.2, 0) is 4.79 Å². The van der Waals surface area contributed by atoms with Crippen molar-refractivity contribution in [2.45, 2.75) is 12.5 Å². The topological polar surface area (TPSA) is 104 Å². The Bertz CT molecular complexity index is 933.